The van der Waals surface area contributed by atoms with Gasteiger partial charge < -0.3 is 10.0 Å². The monoisotopic (exact) mass is 269 g/mol. The molecule has 0 saturated carbocycles. The van der Waals surface area contributed by atoms with Gasteiger partial charge in [-0.05, 0) is 43.7 Å². The van der Waals surface area contributed by atoms with Crippen LogP contribution in [0.2, 0.25) is 0 Å². The summed E-state index contributed by atoms with van der Waals surface area (Å²) in [5.74, 6) is -0.884. The molecule has 0 fully saturated rings. The lowest BCUT2D eigenvalue weighted by molar-refractivity contribution is 0.0696. The van der Waals surface area contributed by atoms with Crippen LogP contribution in [0.3, 0.4) is 0 Å². The average Bonchev–Trinajstić information content (AvgIpc) is 2.46. The molecule has 0 aromatic heterocycles. The Balaban J connectivity index is 2.19. The van der Waals surface area contributed by atoms with Crippen molar-refractivity contribution in [1.29, 1.82) is 0 Å². The highest BCUT2D eigenvalue weighted by atomic mass is 16.4. The predicted octanol–water partition coefficient (Wildman–Crippen LogP) is 3.72. The van der Waals surface area contributed by atoms with Crippen LogP contribution in [0.5, 0.6) is 0 Å². The van der Waals surface area contributed by atoms with E-state index in [1.54, 1.807) is 18.2 Å². The quantitative estimate of drug-likeness (QED) is 0.899. The Hall–Kier alpha value is -2.29. The first-order valence-electron chi connectivity index (χ1n) is 6.74. The highest BCUT2D eigenvalue weighted by Gasteiger charge is 2.08. The Kier molecular flexibility index (Phi) is 4.41. The van der Waals surface area contributed by atoms with Crippen molar-refractivity contribution in [2.75, 3.05) is 11.4 Å². The number of carbonyl (C=O) groups is 1. The van der Waals surface area contributed by atoms with Gasteiger partial charge in [-0.1, -0.05) is 29.8 Å². The van der Waals surface area contributed by atoms with Gasteiger partial charge in [0.05, 0.1) is 5.56 Å². The van der Waals surface area contributed by atoms with Crippen molar-refractivity contribution in [3.05, 3.63) is 65.2 Å². The van der Waals surface area contributed by atoms with Gasteiger partial charge >= 0.3 is 5.97 Å². The van der Waals surface area contributed by atoms with Crippen LogP contribution in [-0.2, 0) is 6.54 Å². The van der Waals surface area contributed by atoms with Crippen molar-refractivity contribution in [2.45, 2.75) is 20.4 Å². The third-order valence-corrected chi connectivity index (χ3v) is 3.33. The van der Waals surface area contributed by atoms with Crippen LogP contribution in [0.15, 0.2) is 48.5 Å². The summed E-state index contributed by atoms with van der Waals surface area (Å²) in [5.41, 5.74) is 3.73. The maximum atomic E-state index is 11.0. The standard InChI is InChI=1S/C17H19NO2/c1-3-18(16-9-7-13(2)8-10-16)12-14-5-4-6-15(11-14)17(19)20/h4-11H,3,12H2,1-2H3,(H,19,20). The van der Waals surface area contributed by atoms with Crippen LogP contribution in [0, 0.1) is 6.92 Å². The number of carboxylic acids is 1. The zero-order valence-electron chi connectivity index (χ0n) is 11.8. The van der Waals surface area contributed by atoms with Gasteiger partial charge in [-0.2, -0.15) is 0 Å². The molecule has 2 aromatic carbocycles. The molecule has 0 heterocycles. The molecule has 104 valence electrons. The normalized spacial score (nSPS) is 10.3. The van der Waals surface area contributed by atoms with Gasteiger partial charge in [0.15, 0.2) is 0 Å². The van der Waals surface area contributed by atoms with Gasteiger partial charge in [0.2, 0.25) is 0 Å². The molecule has 2 aromatic rings. The van der Waals surface area contributed by atoms with Crippen molar-refractivity contribution >= 4 is 11.7 Å². The first-order chi connectivity index (χ1) is 9.60. The highest BCUT2D eigenvalue weighted by molar-refractivity contribution is 5.87. The van der Waals surface area contributed by atoms with Gasteiger partial charge in [0.1, 0.15) is 0 Å². The number of benzene rings is 2. The van der Waals surface area contributed by atoms with Crippen molar-refractivity contribution in [3.8, 4) is 0 Å². The summed E-state index contributed by atoms with van der Waals surface area (Å²) in [4.78, 5) is 13.2. The summed E-state index contributed by atoms with van der Waals surface area (Å²) in [6.07, 6.45) is 0. The molecular weight excluding hydrogens is 250 g/mol. The molecule has 0 bridgehead atoms. The van der Waals surface area contributed by atoms with Crippen molar-refractivity contribution in [2.24, 2.45) is 0 Å². The molecule has 0 aliphatic carbocycles. The second kappa shape index (κ2) is 6.24. The Labute approximate surface area is 119 Å². The molecule has 0 spiro atoms. The fourth-order valence-corrected chi connectivity index (χ4v) is 2.16. The summed E-state index contributed by atoms with van der Waals surface area (Å²) < 4.78 is 0. The molecule has 0 radical (unpaired) electrons. The van der Waals surface area contributed by atoms with Crippen LogP contribution in [0.4, 0.5) is 5.69 Å². The summed E-state index contributed by atoms with van der Waals surface area (Å²) in [6, 6.07) is 15.5. The largest absolute Gasteiger partial charge is 0.478 e. The van der Waals surface area contributed by atoms with E-state index in [2.05, 4.69) is 43.0 Å². The Morgan fingerprint density at radius 1 is 1.15 bits per heavy atom. The van der Waals surface area contributed by atoms with Gasteiger partial charge in [-0.25, -0.2) is 4.79 Å². The number of hydrogen-bond donors (Lipinski definition) is 1. The van der Waals surface area contributed by atoms with Gasteiger partial charge in [-0.15, -0.1) is 0 Å². The molecule has 0 atom stereocenters. The molecule has 0 aliphatic rings. The SMILES string of the molecule is CCN(Cc1cccc(C(=O)O)c1)c1ccc(C)cc1. The summed E-state index contributed by atoms with van der Waals surface area (Å²) in [7, 11) is 0. The number of aryl methyl sites for hydroxylation is 1. The second-order valence-electron chi connectivity index (χ2n) is 4.86. The van der Waals surface area contributed by atoms with E-state index >= 15 is 0 Å². The Morgan fingerprint density at radius 2 is 1.85 bits per heavy atom. The van der Waals surface area contributed by atoms with Crippen LogP contribution in [0.25, 0.3) is 0 Å². The Morgan fingerprint density at radius 3 is 2.45 bits per heavy atom. The molecule has 1 N–H and O–H groups in total. The summed E-state index contributed by atoms with van der Waals surface area (Å²) in [6.45, 7) is 5.75. The van der Waals surface area contributed by atoms with Crippen LogP contribution >= 0.6 is 0 Å². The molecule has 0 unspecified atom stereocenters. The lowest BCUT2D eigenvalue weighted by Gasteiger charge is -2.23. The molecule has 2 rings (SSSR count). The minimum absolute atomic E-state index is 0.336. The van der Waals surface area contributed by atoms with Crippen molar-refractivity contribution in [3.63, 3.8) is 0 Å². The first-order valence-corrected chi connectivity index (χ1v) is 6.74. The van der Waals surface area contributed by atoms with Gasteiger partial charge in [0, 0.05) is 18.8 Å². The van der Waals surface area contributed by atoms with Gasteiger partial charge in [-0.3, -0.25) is 0 Å². The minimum atomic E-state index is -0.884. The predicted molar refractivity (Wildman–Crippen MR) is 81.3 cm³/mol. The smallest absolute Gasteiger partial charge is 0.335 e. The number of nitrogens with zero attached hydrogens (tertiary/aromatic N) is 1. The van der Waals surface area contributed by atoms with Gasteiger partial charge in [0.25, 0.3) is 0 Å². The number of carboxylic acid groups (broad SMARTS) is 1. The van der Waals surface area contributed by atoms with E-state index in [0.717, 1.165) is 17.8 Å². The minimum Gasteiger partial charge on any atom is -0.478 e. The fraction of sp³-hybridized carbons (Fsp3) is 0.235. The molecule has 0 saturated heterocycles. The topological polar surface area (TPSA) is 40.5 Å². The maximum absolute atomic E-state index is 11.0. The fourth-order valence-electron chi connectivity index (χ4n) is 2.16. The number of rotatable bonds is 5. The zero-order chi connectivity index (χ0) is 14.5. The van der Waals surface area contributed by atoms with Crippen molar-refractivity contribution < 1.29 is 9.90 Å². The summed E-state index contributed by atoms with van der Waals surface area (Å²) >= 11 is 0. The molecule has 3 nitrogen and oxygen atoms in total. The molecule has 0 aliphatic heterocycles. The van der Waals surface area contributed by atoms with E-state index in [4.69, 9.17) is 5.11 Å². The van der Waals surface area contributed by atoms with Crippen LogP contribution in [-0.4, -0.2) is 17.6 Å². The van der Waals surface area contributed by atoms with E-state index in [-0.39, 0.29) is 0 Å². The first kappa shape index (κ1) is 14.1. The lowest BCUT2D eigenvalue weighted by atomic mass is 10.1. The van der Waals surface area contributed by atoms with Crippen molar-refractivity contribution in [1.82, 2.24) is 0 Å². The van der Waals surface area contributed by atoms with E-state index in [1.165, 1.54) is 5.56 Å². The number of anilines is 1. The second-order valence-corrected chi connectivity index (χ2v) is 4.86. The zero-order valence-corrected chi connectivity index (χ0v) is 11.8. The number of hydrogen-bond acceptors (Lipinski definition) is 2. The molecular formula is C17H19NO2. The molecule has 3 heteroatoms. The third-order valence-electron chi connectivity index (χ3n) is 3.33. The van der Waals surface area contributed by atoms with E-state index in [0.29, 0.717) is 12.1 Å². The lowest BCUT2D eigenvalue weighted by Crippen LogP contribution is -2.22. The average molecular weight is 269 g/mol. The molecule has 20 heavy (non-hydrogen) atoms. The van der Waals surface area contributed by atoms with Crippen LogP contribution in [0.1, 0.15) is 28.4 Å². The molecule has 0 amide bonds. The van der Waals surface area contributed by atoms with E-state index < -0.39 is 5.97 Å². The van der Waals surface area contributed by atoms with Crippen LogP contribution < -0.4 is 4.90 Å². The third kappa shape index (κ3) is 3.38. The summed E-state index contributed by atoms with van der Waals surface area (Å²) in [5, 5.41) is 9.03. The Bertz CT molecular complexity index is 590. The van der Waals surface area contributed by atoms with E-state index in [1.807, 2.05) is 6.07 Å². The highest BCUT2D eigenvalue weighted by Crippen LogP contribution is 2.18. The maximum Gasteiger partial charge on any atom is 0.335 e. The number of aromatic carboxylic acids is 1. The van der Waals surface area contributed by atoms with E-state index in [9.17, 15) is 4.79 Å².